The number of carbonyl (C=O) groups is 2. The highest BCUT2D eigenvalue weighted by Gasteiger charge is 2.26. The fourth-order valence-corrected chi connectivity index (χ4v) is 3.68. The summed E-state index contributed by atoms with van der Waals surface area (Å²) < 4.78 is 11.2. The maximum atomic E-state index is 12.3. The summed E-state index contributed by atoms with van der Waals surface area (Å²) in [5.41, 5.74) is 1.81. The molecule has 6 nitrogen and oxygen atoms in total. The minimum Gasteiger partial charge on any atom is -0.490 e. The third-order valence-corrected chi connectivity index (χ3v) is 5.42. The Morgan fingerprint density at radius 1 is 0.968 bits per heavy atom. The van der Waals surface area contributed by atoms with Gasteiger partial charge in [0.2, 0.25) is 0 Å². The lowest BCUT2D eigenvalue weighted by atomic mass is 10.1. The van der Waals surface area contributed by atoms with Gasteiger partial charge in [-0.1, -0.05) is 30.3 Å². The second kappa shape index (κ2) is 9.98. The van der Waals surface area contributed by atoms with E-state index in [-0.39, 0.29) is 17.9 Å². The van der Waals surface area contributed by atoms with Crippen molar-refractivity contribution in [3.63, 3.8) is 0 Å². The summed E-state index contributed by atoms with van der Waals surface area (Å²) in [6.07, 6.45) is 3.87. The van der Waals surface area contributed by atoms with Crippen LogP contribution in [0.4, 0.5) is 0 Å². The van der Waals surface area contributed by atoms with Crippen LogP contribution in [-0.4, -0.2) is 42.5 Å². The average molecular weight is 418 g/mol. The van der Waals surface area contributed by atoms with Crippen LogP contribution in [0.2, 0.25) is 0 Å². The van der Waals surface area contributed by atoms with E-state index in [9.17, 15) is 9.59 Å². The Labute approximate surface area is 181 Å². The summed E-state index contributed by atoms with van der Waals surface area (Å²) in [6.45, 7) is 1.86. The highest BCUT2D eigenvalue weighted by molar-refractivity contribution is 5.94. The van der Waals surface area contributed by atoms with Crippen molar-refractivity contribution in [3.8, 4) is 5.75 Å². The molecule has 1 aromatic heterocycles. The first-order valence-electron chi connectivity index (χ1n) is 10.6. The Morgan fingerprint density at radius 3 is 2.39 bits per heavy atom. The van der Waals surface area contributed by atoms with Crippen molar-refractivity contribution < 1.29 is 18.7 Å². The van der Waals surface area contributed by atoms with E-state index in [2.05, 4.69) is 17.4 Å². The number of carbonyl (C=O) groups excluding carboxylic acids is 2. The summed E-state index contributed by atoms with van der Waals surface area (Å²) in [4.78, 5) is 26.5. The number of nitrogens with one attached hydrogen (secondary N) is 1. The molecular weight excluding hydrogens is 392 g/mol. The molecule has 0 atom stereocenters. The molecule has 1 saturated heterocycles. The highest BCUT2D eigenvalue weighted by atomic mass is 16.5. The number of hydrogen-bond acceptors (Lipinski definition) is 4. The highest BCUT2D eigenvalue weighted by Crippen LogP contribution is 2.21. The van der Waals surface area contributed by atoms with Crippen molar-refractivity contribution in [2.24, 2.45) is 0 Å². The van der Waals surface area contributed by atoms with Gasteiger partial charge in [0.1, 0.15) is 11.9 Å². The molecular formula is C25H26N2O4. The first kappa shape index (κ1) is 20.7. The van der Waals surface area contributed by atoms with Crippen LogP contribution in [0.5, 0.6) is 5.75 Å². The molecule has 4 rings (SSSR count). The van der Waals surface area contributed by atoms with Gasteiger partial charge in [0.15, 0.2) is 5.76 Å². The maximum absolute atomic E-state index is 12.3. The Morgan fingerprint density at radius 2 is 1.71 bits per heavy atom. The lowest BCUT2D eigenvalue weighted by Gasteiger charge is -2.31. The van der Waals surface area contributed by atoms with Gasteiger partial charge in [0.25, 0.3) is 11.8 Å². The van der Waals surface area contributed by atoms with Crippen molar-refractivity contribution in [1.29, 1.82) is 0 Å². The molecule has 1 fully saturated rings. The monoisotopic (exact) mass is 418 g/mol. The van der Waals surface area contributed by atoms with Gasteiger partial charge in [-0.3, -0.25) is 9.59 Å². The number of rotatable bonds is 7. The zero-order valence-corrected chi connectivity index (χ0v) is 17.3. The number of ether oxygens (including phenoxy) is 1. The number of likely N-dealkylation sites (tertiary alicyclic amines) is 1. The molecule has 0 aliphatic carbocycles. The number of nitrogens with zero attached hydrogens (tertiary/aromatic N) is 1. The molecule has 31 heavy (non-hydrogen) atoms. The molecule has 0 radical (unpaired) electrons. The predicted molar refractivity (Wildman–Crippen MR) is 117 cm³/mol. The van der Waals surface area contributed by atoms with E-state index < -0.39 is 0 Å². The third kappa shape index (κ3) is 5.54. The molecule has 1 aliphatic rings. The maximum Gasteiger partial charge on any atom is 0.289 e. The second-order valence-corrected chi connectivity index (χ2v) is 7.60. The normalized spacial score (nSPS) is 14.3. The third-order valence-electron chi connectivity index (χ3n) is 5.42. The van der Waals surface area contributed by atoms with Gasteiger partial charge < -0.3 is 19.4 Å². The fraction of sp³-hybridized carbons (Fsp3) is 0.280. The predicted octanol–water partition coefficient (Wildman–Crippen LogP) is 3.94. The van der Waals surface area contributed by atoms with E-state index in [1.807, 2.05) is 30.3 Å². The van der Waals surface area contributed by atoms with Crippen molar-refractivity contribution in [2.45, 2.75) is 25.4 Å². The van der Waals surface area contributed by atoms with Gasteiger partial charge in [-0.2, -0.15) is 0 Å². The smallest absolute Gasteiger partial charge is 0.289 e. The Balaban J connectivity index is 1.21. The number of piperidine rings is 1. The summed E-state index contributed by atoms with van der Waals surface area (Å²) in [6, 6.07) is 20.7. The van der Waals surface area contributed by atoms with E-state index >= 15 is 0 Å². The van der Waals surface area contributed by atoms with Crippen molar-refractivity contribution in [1.82, 2.24) is 10.2 Å². The molecule has 1 aliphatic heterocycles. The quantitative estimate of drug-likeness (QED) is 0.631. The van der Waals surface area contributed by atoms with Gasteiger partial charge in [0, 0.05) is 38.0 Å². The fourth-order valence-electron chi connectivity index (χ4n) is 3.68. The first-order chi connectivity index (χ1) is 15.2. The van der Waals surface area contributed by atoms with Crippen molar-refractivity contribution in [3.05, 3.63) is 89.9 Å². The van der Waals surface area contributed by atoms with Crippen LogP contribution < -0.4 is 10.1 Å². The number of hydrogen-bond donors (Lipinski definition) is 1. The molecule has 2 aromatic carbocycles. The van der Waals surface area contributed by atoms with E-state index in [1.54, 1.807) is 29.2 Å². The van der Waals surface area contributed by atoms with Crippen molar-refractivity contribution in [2.75, 3.05) is 19.6 Å². The summed E-state index contributed by atoms with van der Waals surface area (Å²) in [7, 11) is 0. The molecule has 6 heteroatoms. The van der Waals surface area contributed by atoms with Gasteiger partial charge in [-0.15, -0.1) is 0 Å². The van der Waals surface area contributed by atoms with Crippen LogP contribution in [0.1, 0.15) is 39.3 Å². The molecule has 3 aromatic rings. The minimum absolute atomic E-state index is 0.0474. The molecule has 1 N–H and O–H groups in total. The topological polar surface area (TPSA) is 71.8 Å². The molecule has 2 amide bonds. The Bertz CT molecular complexity index is 976. The van der Waals surface area contributed by atoms with Crippen LogP contribution in [0.15, 0.2) is 77.4 Å². The zero-order chi connectivity index (χ0) is 21.5. The van der Waals surface area contributed by atoms with Gasteiger partial charge in [-0.05, 0) is 48.4 Å². The summed E-state index contributed by atoms with van der Waals surface area (Å²) in [5.74, 6) is 0.937. The van der Waals surface area contributed by atoms with Crippen LogP contribution in [0.25, 0.3) is 0 Å². The number of benzene rings is 2. The second-order valence-electron chi connectivity index (χ2n) is 7.60. The van der Waals surface area contributed by atoms with Gasteiger partial charge in [0.05, 0.1) is 6.26 Å². The van der Waals surface area contributed by atoms with Crippen LogP contribution in [-0.2, 0) is 6.42 Å². The summed E-state index contributed by atoms with van der Waals surface area (Å²) >= 11 is 0. The van der Waals surface area contributed by atoms with E-state index in [0.717, 1.165) is 25.0 Å². The standard InChI is InChI=1S/C25H26N2O4/c28-24(26-15-12-19-5-2-1-3-6-19)20-8-10-21(11-9-20)31-22-13-16-27(17-14-22)25(29)23-7-4-18-30-23/h1-11,18,22H,12-17H2,(H,26,28). The lowest BCUT2D eigenvalue weighted by molar-refractivity contribution is 0.0567. The largest absolute Gasteiger partial charge is 0.490 e. The SMILES string of the molecule is O=C(NCCc1ccccc1)c1ccc(OC2CCN(C(=O)c3ccco3)CC2)cc1. The van der Waals surface area contributed by atoms with Crippen LogP contribution >= 0.6 is 0 Å². The molecule has 0 bridgehead atoms. The average Bonchev–Trinajstić information content (AvgIpc) is 3.35. The van der Waals surface area contributed by atoms with E-state index in [1.165, 1.54) is 11.8 Å². The number of amides is 2. The van der Waals surface area contributed by atoms with Gasteiger partial charge >= 0.3 is 0 Å². The Kier molecular flexibility index (Phi) is 6.67. The van der Waals surface area contributed by atoms with Crippen LogP contribution in [0, 0.1) is 0 Å². The lowest BCUT2D eigenvalue weighted by Crippen LogP contribution is -2.41. The Hall–Kier alpha value is -3.54. The van der Waals surface area contributed by atoms with E-state index in [0.29, 0.717) is 31.0 Å². The molecule has 0 unspecified atom stereocenters. The molecule has 160 valence electrons. The minimum atomic E-state index is -0.0905. The van der Waals surface area contributed by atoms with E-state index in [4.69, 9.17) is 9.15 Å². The molecule has 0 saturated carbocycles. The number of furan rings is 1. The first-order valence-corrected chi connectivity index (χ1v) is 10.6. The molecule has 0 spiro atoms. The van der Waals surface area contributed by atoms with Crippen LogP contribution in [0.3, 0.4) is 0 Å². The summed E-state index contributed by atoms with van der Waals surface area (Å²) in [5, 5.41) is 2.95. The molecule has 2 heterocycles. The zero-order valence-electron chi connectivity index (χ0n) is 17.3. The van der Waals surface area contributed by atoms with Crippen molar-refractivity contribution >= 4 is 11.8 Å². The van der Waals surface area contributed by atoms with Gasteiger partial charge in [-0.25, -0.2) is 0 Å².